The molecule has 1 amide bonds. The monoisotopic (exact) mass is 317 g/mol. The third-order valence-electron chi connectivity index (χ3n) is 3.39. The average molecular weight is 318 g/mol. The first kappa shape index (κ1) is 15.0. The van der Waals surface area contributed by atoms with Crippen molar-refractivity contribution in [1.82, 2.24) is 10.3 Å². The van der Waals surface area contributed by atoms with Crippen LogP contribution in [0.1, 0.15) is 22.2 Å². The number of aromatic nitrogens is 1. The number of halogens is 1. The van der Waals surface area contributed by atoms with Gasteiger partial charge < -0.3 is 15.4 Å². The van der Waals surface area contributed by atoms with E-state index in [-0.39, 0.29) is 12.0 Å². The zero-order valence-corrected chi connectivity index (χ0v) is 12.6. The molecule has 3 rings (SSSR count). The van der Waals surface area contributed by atoms with Gasteiger partial charge in [-0.2, -0.15) is 0 Å². The highest BCUT2D eigenvalue weighted by molar-refractivity contribution is 6.31. The van der Waals surface area contributed by atoms with Gasteiger partial charge in [-0.3, -0.25) is 9.78 Å². The minimum atomic E-state index is -0.215. The maximum Gasteiger partial charge on any atom is 0.255 e. The first-order valence-electron chi connectivity index (χ1n) is 7.07. The Hall–Kier alpha value is -1.95. The van der Waals surface area contributed by atoms with Gasteiger partial charge in [-0.05, 0) is 30.3 Å². The molecule has 0 aliphatic carbocycles. The van der Waals surface area contributed by atoms with Crippen LogP contribution in [-0.2, 0) is 4.74 Å². The lowest BCUT2D eigenvalue weighted by molar-refractivity contribution is 0.0250. The Morgan fingerprint density at radius 3 is 2.95 bits per heavy atom. The Balaban J connectivity index is 1.66. The molecular weight excluding hydrogens is 302 g/mol. The van der Waals surface area contributed by atoms with Gasteiger partial charge in [0.2, 0.25) is 0 Å². The minimum Gasteiger partial charge on any atom is -0.369 e. The van der Waals surface area contributed by atoms with Crippen LogP contribution in [0.25, 0.3) is 0 Å². The van der Waals surface area contributed by atoms with E-state index < -0.39 is 0 Å². The third kappa shape index (κ3) is 3.62. The van der Waals surface area contributed by atoms with Crippen LogP contribution in [0.5, 0.6) is 0 Å². The highest BCUT2D eigenvalue weighted by Gasteiger charge is 2.16. The number of hydrogen-bond donors (Lipinski definition) is 2. The number of hydrogen-bond acceptors (Lipinski definition) is 4. The van der Waals surface area contributed by atoms with E-state index in [2.05, 4.69) is 15.6 Å². The van der Waals surface area contributed by atoms with Gasteiger partial charge in [0.1, 0.15) is 6.10 Å². The molecule has 2 heterocycles. The number of carbonyl (C=O) groups is 1. The second-order valence-corrected chi connectivity index (χ2v) is 5.44. The number of ether oxygens (including phenoxy) is 1. The molecule has 1 fully saturated rings. The molecule has 1 aliphatic rings. The SMILES string of the molecule is O=C(Nc1ccc([C@@H]2CNCCO2)nc1)c1cccc(Cl)c1. The van der Waals surface area contributed by atoms with Crippen LogP contribution in [0.4, 0.5) is 5.69 Å². The Labute approximate surface area is 133 Å². The highest BCUT2D eigenvalue weighted by Crippen LogP contribution is 2.18. The molecule has 0 saturated carbocycles. The van der Waals surface area contributed by atoms with Crippen LogP contribution >= 0.6 is 11.6 Å². The number of carbonyl (C=O) groups excluding carboxylic acids is 1. The van der Waals surface area contributed by atoms with E-state index in [1.165, 1.54) is 0 Å². The largest absolute Gasteiger partial charge is 0.369 e. The van der Waals surface area contributed by atoms with Crippen LogP contribution in [0.2, 0.25) is 5.02 Å². The molecule has 22 heavy (non-hydrogen) atoms. The van der Waals surface area contributed by atoms with Crippen LogP contribution in [0, 0.1) is 0 Å². The summed E-state index contributed by atoms with van der Waals surface area (Å²) < 4.78 is 5.64. The smallest absolute Gasteiger partial charge is 0.255 e. The van der Waals surface area contributed by atoms with Crippen molar-refractivity contribution < 1.29 is 9.53 Å². The summed E-state index contributed by atoms with van der Waals surface area (Å²) in [6, 6.07) is 10.5. The summed E-state index contributed by atoms with van der Waals surface area (Å²) in [7, 11) is 0. The fourth-order valence-corrected chi connectivity index (χ4v) is 2.45. The molecule has 1 aliphatic heterocycles. The van der Waals surface area contributed by atoms with Crippen LogP contribution in [0.3, 0.4) is 0 Å². The minimum absolute atomic E-state index is 0.0357. The average Bonchev–Trinajstić information content (AvgIpc) is 2.56. The van der Waals surface area contributed by atoms with Gasteiger partial charge >= 0.3 is 0 Å². The van der Waals surface area contributed by atoms with Crippen molar-refractivity contribution in [3.63, 3.8) is 0 Å². The topological polar surface area (TPSA) is 63.2 Å². The van der Waals surface area contributed by atoms with Crippen molar-refractivity contribution in [1.29, 1.82) is 0 Å². The molecule has 2 N–H and O–H groups in total. The summed E-state index contributed by atoms with van der Waals surface area (Å²) in [6.07, 6.45) is 1.60. The van der Waals surface area contributed by atoms with E-state index in [0.29, 0.717) is 22.9 Å². The number of anilines is 1. The van der Waals surface area contributed by atoms with E-state index in [9.17, 15) is 4.79 Å². The van der Waals surface area contributed by atoms with Crippen molar-refractivity contribution in [3.05, 3.63) is 58.9 Å². The normalized spacial score (nSPS) is 18.0. The van der Waals surface area contributed by atoms with Crippen LogP contribution in [0.15, 0.2) is 42.6 Å². The van der Waals surface area contributed by atoms with Crippen molar-refractivity contribution in [3.8, 4) is 0 Å². The van der Waals surface area contributed by atoms with Gasteiger partial charge in [0.15, 0.2) is 0 Å². The summed E-state index contributed by atoms with van der Waals surface area (Å²) in [5.74, 6) is -0.215. The lowest BCUT2D eigenvalue weighted by Crippen LogP contribution is -2.33. The van der Waals surface area contributed by atoms with E-state index in [4.69, 9.17) is 16.3 Å². The standard InChI is InChI=1S/C16H16ClN3O2/c17-12-3-1-2-11(8-12)16(21)20-13-4-5-14(19-9-13)15-10-18-6-7-22-15/h1-5,8-9,15,18H,6-7,10H2,(H,20,21)/t15-/m0/s1. The van der Waals surface area contributed by atoms with Gasteiger partial charge in [-0.25, -0.2) is 0 Å². The quantitative estimate of drug-likeness (QED) is 0.913. The van der Waals surface area contributed by atoms with E-state index >= 15 is 0 Å². The molecule has 5 nitrogen and oxygen atoms in total. The lowest BCUT2D eigenvalue weighted by Gasteiger charge is -2.23. The second-order valence-electron chi connectivity index (χ2n) is 5.00. The van der Waals surface area contributed by atoms with Gasteiger partial charge in [-0.15, -0.1) is 0 Å². The maximum absolute atomic E-state index is 12.1. The van der Waals surface area contributed by atoms with Crippen molar-refractivity contribution in [2.75, 3.05) is 25.0 Å². The summed E-state index contributed by atoms with van der Waals surface area (Å²) in [5, 5.41) is 6.59. The Morgan fingerprint density at radius 1 is 1.36 bits per heavy atom. The Bertz CT molecular complexity index is 655. The summed E-state index contributed by atoms with van der Waals surface area (Å²) in [6.45, 7) is 2.30. The maximum atomic E-state index is 12.1. The molecule has 1 saturated heterocycles. The van der Waals surface area contributed by atoms with E-state index in [0.717, 1.165) is 18.8 Å². The van der Waals surface area contributed by atoms with E-state index in [1.54, 1.807) is 30.5 Å². The zero-order chi connectivity index (χ0) is 15.4. The second kappa shape index (κ2) is 6.87. The summed E-state index contributed by atoms with van der Waals surface area (Å²) in [4.78, 5) is 16.5. The Morgan fingerprint density at radius 2 is 2.27 bits per heavy atom. The molecule has 6 heteroatoms. The van der Waals surface area contributed by atoms with Crippen LogP contribution < -0.4 is 10.6 Å². The number of nitrogens with one attached hydrogen (secondary N) is 2. The molecule has 2 aromatic rings. The van der Waals surface area contributed by atoms with Gasteiger partial charge in [0, 0.05) is 23.7 Å². The van der Waals surface area contributed by atoms with Crippen molar-refractivity contribution in [2.45, 2.75) is 6.10 Å². The molecule has 1 atom stereocenters. The number of pyridine rings is 1. The fraction of sp³-hybridized carbons (Fsp3) is 0.250. The number of morpholine rings is 1. The van der Waals surface area contributed by atoms with Crippen LogP contribution in [-0.4, -0.2) is 30.6 Å². The number of rotatable bonds is 3. The molecule has 1 aromatic carbocycles. The molecule has 0 unspecified atom stereocenters. The van der Waals surface area contributed by atoms with Crippen molar-refractivity contribution >= 4 is 23.2 Å². The number of nitrogens with zero attached hydrogens (tertiary/aromatic N) is 1. The van der Waals surface area contributed by atoms with E-state index in [1.807, 2.05) is 12.1 Å². The molecule has 0 spiro atoms. The third-order valence-corrected chi connectivity index (χ3v) is 3.62. The molecule has 1 aromatic heterocycles. The predicted octanol–water partition coefficient (Wildman–Crippen LogP) is 2.65. The lowest BCUT2D eigenvalue weighted by atomic mass is 10.2. The Kier molecular flexibility index (Phi) is 4.68. The van der Waals surface area contributed by atoms with Gasteiger partial charge in [-0.1, -0.05) is 17.7 Å². The molecule has 0 radical (unpaired) electrons. The van der Waals surface area contributed by atoms with Gasteiger partial charge in [0.05, 0.1) is 24.2 Å². The van der Waals surface area contributed by atoms with Gasteiger partial charge in [0.25, 0.3) is 5.91 Å². The number of benzene rings is 1. The first-order valence-corrected chi connectivity index (χ1v) is 7.45. The highest BCUT2D eigenvalue weighted by atomic mass is 35.5. The zero-order valence-electron chi connectivity index (χ0n) is 11.9. The first-order chi connectivity index (χ1) is 10.7. The molecule has 0 bridgehead atoms. The number of amides is 1. The predicted molar refractivity (Wildman–Crippen MR) is 85.2 cm³/mol. The van der Waals surface area contributed by atoms with Crippen molar-refractivity contribution in [2.24, 2.45) is 0 Å². The molecular formula is C16H16ClN3O2. The summed E-state index contributed by atoms with van der Waals surface area (Å²) in [5.41, 5.74) is 2.00. The summed E-state index contributed by atoms with van der Waals surface area (Å²) >= 11 is 5.89. The molecule has 114 valence electrons. The fourth-order valence-electron chi connectivity index (χ4n) is 2.26.